The molecule has 0 unspecified atom stereocenters. The second-order valence-electron chi connectivity index (χ2n) is 5.23. The Hall–Kier alpha value is -1.58. The molecule has 4 nitrogen and oxygen atoms in total. The van der Waals surface area contributed by atoms with E-state index < -0.39 is 0 Å². The van der Waals surface area contributed by atoms with Gasteiger partial charge in [0.1, 0.15) is 17.3 Å². The van der Waals surface area contributed by atoms with Gasteiger partial charge in [0, 0.05) is 44.9 Å². The molecule has 0 fully saturated rings. The molecule has 0 aromatic rings. The maximum absolute atomic E-state index is 11.6. The van der Waals surface area contributed by atoms with Gasteiger partial charge in [-0.25, -0.2) is 0 Å². The van der Waals surface area contributed by atoms with Gasteiger partial charge in [-0.3, -0.25) is 19.2 Å². The number of ketones is 4. The van der Waals surface area contributed by atoms with E-state index in [1.54, 1.807) is 6.08 Å². The lowest BCUT2D eigenvalue weighted by molar-refractivity contribution is -0.125. The fourth-order valence-corrected chi connectivity index (χ4v) is 2.11. The van der Waals surface area contributed by atoms with Gasteiger partial charge in [0.25, 0.3) is 0 Å². The Morgan fingerprint density at radius 3 is 1.70 bits per heavy atom. The molecular weight excluding hydrogens is 256 g/mol. The molecule has 4 heteroatoms. The summed E-state index contributed by atoms with van der Waals surface area (Å²) in [6, 6.07) is 0. The van der Waals surface area contributed by atoms with Gasteiger partial charge in [-0.2, -0.15) is 0 Å². The summed E-state index contributed by atoms with van der Waals surface area (Å²) in [4.78, 5) is 46.1. The lowest BCUT2D eigenvalue weighted by atomic mass is 10.0. The molecule has 0 saturated carbocycles. The maximum atomic E-state index is 11.6. The van der Waals surface area contributed by atoms with Crippen molar-refractivity contribution in [2.24, 2.45) is 0 Å². The van der Waals surface area contributed by atoms with Gasteiger partial charge in [-0.1, -0.05) is 6.08 Å². The molecule has 0 aromatic heterocycles. The molecule has 0 N–H and O–H groups in total. The molecule has 0 amide bonds. The lowest BCUT2D eigenvalue weighted by Crippen LogP contribution is -2.07. The number of carbonyl (C=O) groups is 4. The van der Waals surface area contributed by atoms with Crippen LogP contribution in [0.25, 0.3) is 0 Å². The van der Waals surface area contributed by atoms with E-state index in [-0.39, 0.29) is 36.0 Å². The molecule has 0 radical (unpaired) electrons. The third-order valence-electron chi connectivity index (χ3n) is 3.37. The lowest BCUT2D eigenvalue weighted by Gasteiger charge is -2.02. The van der Waals surface area contributed by atoms with Gasteiger partial charge < -0.3 is 0 Å². The highest BCUT2D eigenvalue weighted by atomic mass is 16.1. The van der Waals surface area contributed by atoms with Crippen molar-refractivity contribution in [1.29, 1.82) is 0 Å². The fourth-order valence-electron chi connectivity index (χ4n) is 2.11. The molecule has 1 rings (SSSR count). The van der Waals surface area contributed by atoms with Crippen molar-refractivity contribution in [2.75, 3.05) is 0 Å². The number of rotatable bonds is 0. The van der Waals surface area contributed by atoms with Crippen LogP contribution in [-0.4, -0.2) is 23.1 Å². The van der Waals surface area contributed by atoms with Crippen LogP contribution in [0.4, 0.5) is 0 Å². The Balaban J connectivity index is 2.50. The van der Waals surface area contributed by atoms with E-state index in [4.69, 9.17) is 0 Å². The predicted octanol–water partition coefficient (Wildman–Crippen LogP) is 2.73. The van der Waals surface area contributed by atoms with E-state index in [9.17, 15) is 19.2 Å². The second kappa shape index (κ2) is 9.34. The van der Waals surface area contributed by atoms with E-state index in [2.05, 4.69) is 0 Å². The Kier molecular flexibility index (Phi) is 7.70. The van der Waals surface area contributed by atoms with Crippen LogP contribution in [0.5, 0.6) is 0 Å². The van der Waals surface area contributed by atoms with Crippen molar-refractivity contribution in [1.82, 2.24) is 0 Å². The second-order valence-corrected chi connectivity index (χ2v) is 5.23. The molecule has 1 aliphatic carbocycles. The zero-order valence-corrected chi connectivity index (χ0v) is 11.9. The van der Waals surface area contributed by atoms with E-state index in [0.717, 1.165) is 0 Å². The number of carbonyl (C=O) groups excluding carboxylic acids is 4. The quantitative estimate of drug-likeness (QED) is 0.683. The van der Waals surface area contributed by atoms with Crippen molar-refractivity contribution in [3.05, 3.63) is 12.2 Å². The van der Waals surface area contributed by atoms with Crippen molar-refractivity contribution < 1.29 is 19.2 Å². The van der Waals surface area contributed by atoms with Gasteiger partial charge in [-0.05, 0) is 25.3 Å². The van der Waals surface area contributed by atoms with Crippen LogP contribution < -0.4 is 0 Å². The average Bonchev–Trinajstić information content (AvgIpc) is 2.41. The SMILES string of the molecule is O=C1/C=C\CCCC(=O)CCC(=O)CCCC(=O)CC1. The normalized spacial score (nSPS) is 22.8. The summed E-state index contributed by atoms with van der Waals surface area (Å²) in [6.07, 6.45) is 7.43. The van der Waals surface area contributed by atoms with E-state index in [1.807, 2.05) is 0 Å². The number of hydrogen-bond acceptors (Lipinski definition) is 4. The minimum atomic E-state index is -0.0483. The minimum Gasteiger partial charge on any atom is -0.300 e. The van der Waals surface area contributed by atoms with Crippen molar-refractivity contribution in [3.8, 4) is 0 Å². The third-order valence-corrected chi connectivity index (χ3v) is 3.37. The van der Waals surface area contributed by atoms with E-state index in [1.165, 1.54) is 6.08 Å². The first-order valence-electron chi connectivity index (χ1n) is 7.32. The van der Waals surface area contributed by atoms with Crippen LogP contribution >= 0.6 is 0 Å². The first-order valence-corrected chi connectivity index (χ1v) is 7.32. The van der Waals surface area contributed by atoms with Gasteiger partial charge in [0.2, 0.25) is 0 Å². The van der Waals surface area contributed by atoms with Gasteiger partial charge in [0.05, 0.1) is 0 Å². The summed E-state index contributed by atoms with van der Waals surface area (Å²) in [7, 11) is 0. The summed E-state index contributed by atoms with van der Waals surface area (Å²) in [5.74, 6) is 0.131. The monoisotopic (exact) mass is 278 g/mol. The molecule has 110 valence electrons. The highest BCUT2D eigenvalue weighted by molar-refractivity contribution is 5.93. The predicted molar refractivity (Wildman–Crippen MR) is 75.3 cm³/mol. The smallest absolute Gasteiger partial charge is 0.155 e. The van der Waals surface area contributed by atoms with Gasteiger partial charge in [0.15, 0.2) is 5.78 Å². The van der Waals surface area contributed by atoms with Crippen molar-refractivity contribution >= 4 is 23.1 Å². The summed E-state index contributed by atoms with van der Waals surface area (Å²) in [6.45, 7) is 0. The number of Topliss-reactive ketones (excluding diaryl/α,β-unsaturated/α-hetero) is 3. The molecule has 0 heterocycles. The summed E-state index contributed by atoms with van der Waals surface area (Å²) < 4.78 is 0. The molecule has 1 aliphatic rings. The summed E-state index contributed by atoms with van der Waals surface area (Å²) in [5.41, 5.74) is 0. The number of allylic oxidation sites excluding steroid dienone is 2. The standard InChI is InChI=1S/C16H22O4/c17-13-5-2-1-3-6-14(18)10-12-16(20)8-4-7-15(19)11-9-13/h2,5H,1,3-4,6-12H2/b5-2-. The first-order chi connectivity index (χ1) is 9.58. The highest BCUT2D eigenvalue weighted by Crippen LogP contribution is 2.09. The zero-order valence-electron chi connectivity index (χ0n) is 11.9. The summed E-state index contributed by atoms with van der Waals surface area (Å²) >= 11 is 0. The Morgan fingerprint density at radius 1 is 0.600 bits per heavy atom. The Morgan fingerprint density at radius 2 is 1.10 bits per heavy atom. The minimum absolute atomic E-state index is 0.0303. The maximum Gasteiger partial charge on any atom is 0.155 e. The van der Waals surface area contributed by atoms with Crippen LogP contribution in [0.2, 0.25) is 0 Å². The van der Waals surface area contributed by atoms with Crippen molar-refractivity contribution in [2.45, 2.75) is 64.2 Å². The van der Waals surface area contributed by atoms with Crippen LogP contribution in [0.3, 0.4) is 0 Å². The first kappa shape index (κ1) is 16.5. The molecule has 0 saturated heterocycles. The van der Waals surface area contributed by atoms with Crippen molar-refractivity contribution in [3.63, 3.8) is 0 Å². The molecular formula is C16H22O4. The molecule has 0 aliphatic heterocycles. The van der Waals surface area contributed by atoms with Crippen LogP contribution in [0, 0.1) is 0 Å². The van der Waals surface area contributed by atoms with Gasteiger partial charge in [-0.15, -0.1) is 0 Å². The number of hydrogen-bond donors (Lipinski definition) is 0. The highest BCUT2D eigenvalue weighted by Gasteiger charge is 2.10. The van der Waals surface area contributed by atoms with E-state index in [0.29, 0.717) is 51.4 Å². The molecule has 0 bridgehead atoms. The van der Waals surface area contributed by atoms with E-state index >= 15 is 0 Å². The molecule has 20 heavy (non-hydrogen) atoms. The third kappa shape index (κ3) is 7.77. The Bertz CT molecular complexity index is 407. The largest absolute Gasteiger partial charge is 0.300 e. The summed E-state index contributed by atoms with van der Waals surface area (Å²) in [5, 5.41) is 0. The average molecular weight is 278 g/mol. The van der Waals surface area contributed by atoms with Crippen LogP contribution in [0.15, 0.2) is 12.2 Å². The Labute approximate surface area is 119 Å². The fraction of sp³-hybridized carbons (Fsp3) is 0.625. The zero-order chi connectivity index (χ0) is 14.8. The van der Waals surface area contributed by atoms with Gasteiger partial charge >= 0.3 is 0 Å². The topological polar surface area (TPSA) is 68.3 Å². The molecule has 0 aromatic carbocycles. The van der Waals surface area contributed by atoms with Crippen LogP contribution in [0.1, 0.15) is 64.2 Å². The van der Waals surface area contributed by atoms with Crippen LogP contribution in [-0.2, 0) is 19.2 Å². The molecule has 0 atom stereocenters. The molecule has 0 spiro atoms.